The second-order valence-corrected chi connectivity index (χ2v) is 1.57. The molecule has 0 spiro atoms. The molecule has 0 aliphatic heterocycles. The molecule has 0 bridgehead atoms. The van der Waals surface area contributed by atoms with E-state index in [0.29, 0.717) is 0 Å². The summed E-state index contributed by atoms with van der Waals surface area (Å²) in [5.41, 5.74) is 0. The first-order valence-electron chi connectivity index (χ1n) is 2.28. The number of aliphatic hydroxyl groups is 2. The Labute approximate surface area is 73.0 Å². The summed E-state index contributed by atoms with van der Waals surface area (Å²) in [7, 11) is 0. The van der Waals surface area contributed by atoms with Crippen molar-refractivity contribution in [2.45, 2.75) is 12.2 Å². The topological polar surface area (TPSA) is 147 Å². The van der Waals surface area contributed by atoms with Gasteiger partial charge >= 0.3 is 11.9 Å². The van der Waals surface area contributed by atoms with Crippen molar-refractivity contribution in [3.8, 4) is 0 Å². The molecule has 0 heterocycles. The van der Waals surface area contributed by atoms with Crippen LogP contribution >= 0.6 is 12.4 Å². The van der Waals surface area contributed by atoms with E-state index in [-0.39, 0.29) is 17.9 Å². The van der Waals surface area contributed by atoms with Gasteiger partial charge in [-0.25, -0.2) is 9.59 Å². The summed E-state index contributed by atoms with van der Waals surface area (Å²) in [6.45, 7) is 0. The third-order valence-corrected chi connectivity index (χ3v) is 0.805. The first kappa shape index (κ1) is 17.3. The molecule has 0 aliphatic carbocycles. The molecule has 6 N–H and O–H groups in total. The van der Waals surface area contributed by atoms with E-state index in [9.17, 15) is 9.59 Å². The molecule has 0 saturated carbocycles. The van der Waals surface area contributed by atoms with E-state index in [4.69, 9.17) is 20.4 Å². The average Bonchev–Trinajstić information content (AvgIpc) is 1.84. The molecule has 2 unspecified atom stereocenters. The standard InChI is InChI=1S/C4H6O6.ClH.H2O/c5-1(3(7)8)2(6)4(9)10;;/h1-2,5-6H,(H,7,8)(H,9,10);1H;1H2. The second kappa shape index (κ2) is 6.80. The quantitative estimate of drug-likeness (QED) is 0.399. The zero-order valence-electron chi connectivity index (χ0n) is 5.67. The maximum Gasteiger partial charge on any atom is 0.335 e. The number of carboxylic acid groups (broad SMARTS) is 2. The lowest BCUT2D eigenvalue weighted by Crippen LogP contribution is -2.39. The van der Waals surface area contributed by atoms with Crippen LogP contribution in [0.4, 0.5) is 0 Å². The third kappa shape index (κ3) is 4.85. The van der Waals surface area contributed by atoms with E-state index in [0.717, 1.165) is 0 Å². The highest BCUT2D eigenvalue weighted by molar-refractivity contribution is 5.85. The molecule has 0 radical (unpaired) electrons. The van der Waals surface area contributed by atoms with Gasteiger partial charge in [-0.15, -0.1) is 12.4 Å². The third-order valence-electron chi connectivity index (χ3n) is 0.805. The van der Waals surface area contributed by atoms with Gasteiger partial charge in [-0.2, -0.15) is 0 Å². The Kier molecular flexibility index (Phi) is 9.78. The molecule has 7 nitrogen and oxygen atoms in total. The summed E-state index contributed by atoms with van der Waals surface area (Å²) in [5.74, 6) is -3.54. The van der Waals surface area contributed by atoms with Crippen LogP contribution < -0.4 is 0 Å². The van der Waals surface area contributed by atoms with Gasteiger partial charge in [-0.1, -0.05) is 0 Å². The molecule has 8 heteroatoms. The molecule has 74 valence electrons. The lowest BCUT2D eigenvalue weighted by atomic mass is 10.2. The monoisotopic (exact) mass is 204 g/mol. The van der Waals surface area contributed by atoms with Gasteiger partial charge in [0.25, 0.3) is 0 Å². The van der Waals surface area contributed by atoms with Crippen LogP contribution in [0.3, 0.4) is 0 Å². The Bertz CT molecular complexity index is 139. The summed E-state index contributed by atoms with van der Waals surface area (Å²) < 4.78 is 0. The van der Waals surface area contributed by atoms with Crippen LogP contribution in [0, 0.1) is 0 Å². The van der Waals surface area contributed by atoms with Gasteiger partial charge in [0, 0.05) is 0 Å². The van der Waals surface area contributed by atoms with Crippen LogP contribution in [-0.4, -0.2) is 50.0 Å². The first-order valence-corrected chi connectivity index (χ1v) is 2.28. The van der Waals surface area contributed by atoms with E-state index >= 15 is 0 Å². The zero-order valence-corrected chi connectivity index (χ0v) is 6.48. The van der Waals surface area contributed by atoms with E-state index in [2.05, 4.69) is 0 Å². The van der Waals surface area contributed by atoms with E-state index in [1.165, 1.54) is 0 Å². The Hall–Kier alpha value is -0.890. The molecule has 0 aromatic carbocycles. The number of aliphatic hydroxyl groups excluding tert-OH is 2. The Morgan fingerprint density at radius 2 is 1.08 bits per heavy atom. The van der Waals surface area contributed by atoms with Crippen molar-refractivity contribution in [2.75, 3.05) is 0 Å². The Morgan fingerprint density at radius 1 is 0.917 bits per heavy atom. The van der Waals surface area contributed by atoms with Crippen molar-refractivity contribution in [3.05, 3.63) is 0 Å². The van der Waals surface area contributed by atoms with Crippen molar-refractivity contribution in [2.24, 2.45) is 0 Å². The minimum Gasteiger partial charge on any atom is -0.479 e. The van der Waals surface area contributed by atoms with Crippen LogP contribution in [0.1, 0.15) is 0 Å². The van der Waals surface area contributed by atoms with Gasteiger partial charge in [0.15, 0.2) is 12.2 Å². The number of hydrogen-bond acceptors (Lipinski definition) is 4. The molecule has 12 heavy (non-hydrogen) atoms. The van der Waals surface area contributed by atoms with Gasteiger partial charge in [0.05, 0.1) is 0 Å². The predicted octanol–water partition coefficient (Wildman–Crippen LogP) is -2.53. The van der Waals surface area contributed by atoms with Gasteiger partial charge in [-0.05, 0) is 0 Å². The van der Waals surface area contributed by atoms with Crippen LogP contribution in [-0.2, 0) is 9.59 Å². The SMILES string of the molecule is Cl.O.O=C(O)C(O)C(O)C(=O)O. The van der Waals surface area contributed by atoms with Crippen LogP contribution in [0.5, 0.6) is 0 Å². The lowest BCUT2D eigenvalue weighted by Gasteiger charge is -2.07. The number of halogens is 1. The fourth-order valence-corrected chi connectivity index (χ4v) is 0.270. The maximum absolute atomic E-state index is 9.77. The lowest BCUT2D eigenvalue weighted by molar-refractivity contribution is -0.165. The van der Waals surface area contributed by atoms with E-state index in [1.807, 2.05) is 0 Å². The van der Waals surface area contributed by atoms with Crippen molar-refractivity contribution in [3.63, 3.8) is 0 Å². The van der Waals surface area contributed by atoms with Crippen molar-refractivity contribution in [1.82, 2.24) is 0 Å². The summed E-state index contributed by atoms with van der Waals surface area (Å²) >= 11 is 0. The normalized spacial score (nSPS) is 13.2. The molecule has 0 saturated heterocycles. The Morgan fingerprint density at radius 3 is 1.17 bits per heavy atom. The van der Waals surface area contributed by atoms with Gasteiger partial charge in [0.2, 0.25) is 0 Å². The van der Waals surface area contributed by atoms with E-state index < -0.39 is 24.1 Å². The molecule has 0 aromatic rings. The average molecular weight is 205 g/mol. The molecule has 0 aromatic heterocycles. The minimum atomic E-state index is -2.27. The van der Waals surface area contributed by atoms with Gasteiger partial charge < -0.3 is 25.9 Å². The van der Waals surface area contributed by atoms with Crippen LogP contribution in [0.15, 0.2) is 0 Å². The Balaban J connectivity index is -0.000000405. The molecule has 0 rings (SSSR count). The summed E-state index contributed by atoms with van der Waals surface area (Å²) in [4.78, 5) is 19.5. The summed E-state index contributed by atoms with van der Waals surface area (Å²) in [5, 5.41) is 32.5. The summed E-state index contributed by atoms with van der Waals surface area (Å²) in [6, 6.07) is 0. The minimum absolute atomic E-state index is 0. The fourth-order valence-electron chi connectivity index (χ4n) is 0.270. The van der Waals surface area contributed by atoms with Crippen LogP contribution in [0.2, 0.25) is 0 Å². The molecule has 0 aliphatic rings. The molecular weight excluding hydrogens is 195 g/mol. The smallest absolute Gasteiger partial charge is 0.335 e. The predicted molar refractivity (Wildman–Crippen MR) is 38.1 cm³/mol. The number of carboxylic acids is 2. The second-order valence-electron chi connectivity index (χ2n) is 1.57. The molecule has 2 atom stereocenters. The van der Waals surface area contributed by atoms with Crippen molar-refractivity contribution in [1.29, 1.82) is 0 Å². The number of carbonyl (C=O) groups is 2. The zero-order chi connectivity index (χ0) is 8.31. The van der Waals surface area contributed by atoms with Gasteiger partial charge in [-0.3, -0.25) is 0 Å². The van der Waals surface area contributed by atoms with Gasteiger partial charge in [0.1, 0.15) is 0 Å². The molecule has 0 amide bonds. The highest BCUT2D eigenvalue weighted by atomic mass is 35.5. The largest absolute Gasteiger partial charge is 0.479 e. The highest BCUT2D eigenvalue weighted by Crippen LogP contribution is 1.92. The van der Waals surface area contributed by atoms with Crippen LogP contribution in [0.25, 0.3) is 0 Å². The van der Waals surface area contributed by atoms with E-state index in [1.54, 1.807) is 0 Å². The molecule has 0 fully saturated rings. The number of aliphatic carboxylic acids is 2. The maximum atomic E-state index is 9.77. The number of rotatable bonds is 3. The highest BCUT2D eigenvalue weighted by Gasteiger charge is 2.29. The summed E-state index contributed by atoms with van der Waals surface area (Å²) in [6.07, 6.45) is -4.53. The first-order chi connectivity index (χ1) is 4.46. The molecular formula is C4H9ClO7. The van der Waals surface area contributed by atoms with Crippen molar-refractivity contribution >= 4 is 24.3 Å². The number of hydrogen-bond donors (Lipinski definition) is 4. The van der Waals surface area contributed by atoms with Crippen molar-refractivity contribution < 1.29 is 35.5 Å². The fraction of sp³-hybridized carbons (Fsp3) is 0.500.